The molecule has 0 aromatic heterocycles. The van der Waals surface area contributed by atoms with Gasteiger partial charge in [0.05, 0.1) is 0 Å². The van der Waals surface area contributed by atoms with Crippen LogP contribution in [-0.2, 0) is 0 Å². The van der Waals surface area contributed by atoms with Gasteiger partial charge in [-0.25, -0.2) is 0 Å². The van der Waals surface area contributed by atoms with Crippen molar-refractivity contribution in [2.24, 2.45) is 0 Å². The molecule has 0 aliphatic carbocycles. The van der Waals surface area contributed by atoms with E-state index in [1.165, 1.54) is 9.80 Å². The summed E-state index contributed by atoms with van der Waals surface area (Å²) < 4.78 is 0. The van der Waals surface area contributed by atoms with Crippen LogP contribution in [0.4, 0.5) is 0 Å². The summed E-state index contributed by atoms with van der Waals surface area (Å²) in [6.45, 7) is 9.41. The molecule has 494 valence electrons. The normalized spacial score (nSPS) is 14.9. The maximum absolute atomic E-state index is 14.6. The monoisotopic (exact) mass is 1280 g/mol. The third-order valence-electron chi connectivity index (χ3n) is 22.3. The van der Waals surface area contributed by atoms with E-state index in [-0.39, 0.29) is 59.3 Å². The van der Waals surface area contributed by atoms with Gasteiger partial charge in [-0.1, -0.05) is 217 Å². The molecule has 0 fully saturated rings. The highest BCUT2D eigenvalue weighted by Crippen LogP contribution is 2.49. The molecule has 12 heteroatoms. The molecule has 12 nitrogen and oxygen atoms in total. The molecule has 0 spiro atoms. The molecule has 0 radical (unpaired) electrons. The maximum atomic E-state index is 14.6. The van der Waals surface area contributed by atoms with Gasteiger partial charge in [0.15, 0.2) is 0 Å². The van der Waals surface area contributed by atoms with Crippen molar-refractivity contribution in [1.82, 2.24) is 19.6 Å². The third-order valence-corrected chi connectivity index (χ3v) is 22.3. The first-order chi connectivity index (χ1) is 46.9. The van der Waals surface area contributed by atoms with E-state index in [9.17, 15) is 38.4 Å². The zero-order chi connectivity index (χ0) is 66.5. The van der Waals surface area contributed by atoms with Crippen molar-refractivity contribution >= 4 is 133 Å². The van der Waals surface area contributed by atoms with Gasteiger partial charge >= 0.3 is 0 Å². The molecule has 10 aromatic carbocycles. The van der Waals surface area contributed by atoms with Gasteiger partial charge in [0.2, 0.25) is 0 Å². The van der Waals surface area contributed by atoms with Gasteiger partial charge in [0, 0.05) is 91.2 Å². The average Bonchev–Trinajstić information content (AvgIpc) is 0.698. The van der Waals surface area contributed by atoms with Crippen LogP contribution in [0.2, 0.25) is 0 Å². The molecule has 0 saturated carbocycles. The second-order valence-electron chi connectivity index (χ2n) is 28.3. The van der Waals surface area contributed by atoms with Crippen LogP contribution in [0.25, 0.3) is 86.2 Å². The van der Waals surface area contributed by atoms with Gasteiger partial charge in [-0.05, 0) is 152 Å². The molecule has 0 bridgehead atoms. The lowest BCUT2D eigenvalue weighted by Crippen LogP contribution is -2.47. The second kappa shape index (κ2) is 27.5. The molecule has 0 atom stereocenters. The molecule has 0 N–H and O–H groups in total. The van der Waals surface area contributed by atoms with E-state index < -0.39 is 0 Å². The SMILES string of the molecule is CCCCCCC(CCCCCC)N1C(=O)c2ccc3c4ccc5c6c(ccc(c7ccc(c2c37)C1=O)c64)C(=O)N(CCCCCCCCCCN1C(=O)c2ccc3c4ccc6c7c(ccc(c8ccc(c2c38)C1=O)c74)C(=O)N(C(CCCCCC)CCCCCC)C6=O)C5=O. The number of hydrogen-bond donors (Lipinski definition) is 0. The Morgan fingerprint density at radius 3 is 0.615 bits per heavy atom. The van der Waals surface area contributed by atoms with E-state index in [2.05, 4.69) is 27.7 Å². The summed E-state index contributed by atoms with van der Waals surface area (Å²) >= 11 is 0. The van der Waals surface area contributed by atoms with E-state index in [0.717, 1.165) is 232 Å². The Morgan fingerprint density at radius 1 is 0.219 bits per heavy atom. The minimum absolute atomic E-state index is 0.151. The fraction of sp³-hybridized carbons (Fsp3) is 0.429. The Balaban J connectivity index is 0.596. The molecule has 4 heterocycles. The summed E-state index contributed by atoms with van der Waals surface area (Å²) in [5, 5.41) is 13.2. The van der Waals surface area contributed by atoms with E-state index in [1.54, 1.807) is 9.80 Å². The lowest BCUT2D eigenvalue weighted by Gasteiger charge is -2.35. The Morgan fingerprint density at radius 2 is 0.406 bits per heavy atom. The first-order valence-corrected chi connectivity index (χ1v) is 36.8. The van der Waals surface area contributed by atoms with Crippen LogP contribution in [0.3, 0.4) is 0 Å². The van der Waals surface area contributed by atoms with E-state index in [1.807, 2.05) is 97.1 Å². The first kappa shape index (κ1) is 64.7. The van der Waals surface area contributed by atoms with Crippen LogP contribution in [0.5, 0.6) is 0 Å². The molecule has 10 aromatic rings. The quantitative estimate of drug-likeness (QED) is 0.0171. The minimum atomic E-state index is -0.293. The molecule has 0 saturated heterocycles. The molecule has 0 unspecified atom stereocenters. The number of nitrogens with zero attached hydrogens (tertiary/aromatic N) is 4. The first-order valence-electron chi connectivity index (χ1n) is 36.8. The number of rotatable bonds is 33. The standard InChI is InChI=1S/C84H90N4O8/c1-5-9-13-23-29-51(30-24-14-10-6-2)87-81(93)65-45-37-57-53-33-41-61-73-62(42-34-54(69(53)73)58-38-46-66(82(87)94)75(65)71(57)58)78(90)85(77(61)89)49-27-21-19-17-18-20-22-28-50-86-79(91)63-43-35-55-59-39-47-67-76-68(48-40-60(72(59)76)56-36-44-64(80(86)92)74(63)70(55)56)84(96)88(83(67)95)52(31-25-15-11-7-3)32-26-16-12-8-4/h33-48,51-52H,5-32,49-50H2,1-4H3. The fourth-order valence-corrected chi connectivity index (χ4v) is 17.4. The van der Waals surface area contributed by atoms with E-state index in [4.69, 9.17) is 0 Å². The maximum Gasteiger partial charge on any atom is 0.261 e. The Labute approximate surface area is 562 Å². The molecular formula is C84H90N4O8. The Kier molecular flexibility index (Phi) is 18.5. The second-order valence-corrected chi connectivity index (χ2v) is 28.3. The number of imide groups is 4. The Hall–Kier alpha value is -8.64. The number of carbonyl (C=O) groups excluding carboxylic acids is 8. The van der Waals surface area contributed by atoms with Crippen molar-refractivity contribution in [2.75, 3.05) is 13.1 Å². The van der Waals surface area contributed by atoms with Crippen molar-refractivity contribution in [3.63, 3.8) is 0 Å². The van der Waals surface area contributed by atoms with Gasteiger partial charge < -0.3 is 0 Å². The van der Waals surface area contributed by atoms with Gasteiger partial charge in [-0.2, -0.15) is 0 Å². The summed E-state index contributed by atoms with van der Waals surface area (Å²) in [5.41, 5.74) is 4.23. The van der Waals surface area contributed by atoms with Crippen LogP contribution in [-0.4, -0.2) is 92.0 Å². The predicted molar refractivity (Wildman–Crippen MR) is 387 cm³/mol. The number of amides is 8. The van der Waals surface area contributed by atoms with Crippen molar-refractivity contribution in [3.8, 4) is 0 Å². The lowest BCUT2D eigenvalue weighted by molar-refractivity contribution is 0.0501. The number of benzene rings is 10. The third kappa shape index (κ3) is 10.9. The molecular weight excluding hydrogens is 1190 g/mol. The van der Waals surface area contributed by atoms with Crippen LogP contribution >= 0.6 is 0 Å². The van der Waals surface area contributed by atoms with Crippen LogP contribution in [0, 0.1) is 0 Å². The summed E-state index contributed by atoms with van der Waals surface area (Å²) in [6.07, 6.45) is 27.4. The van der Waals surface area contributed by atoms with Gasteiger partial charge in [0.1, 0.15) is 0 Å². The molecule has 8 amide bonds. The fourth-order valence-electron chi connectivity index (χ4n) is 17.4. The lowest BCUT2D eigenvalue weighted by atomic mass is 9.82. The van der Waals surface area contributed by atoms with Gasteiger partial charge in [-0.3, -0.25) is 58.0 Å². The highest BCUT2D eigenvalue weighted by atomic mass is 16.2. The van der Waals surface area contributed by atoms with Crippen molar-refractivity contribution in [3.05, 3.63) is 142 Å². The molecule has 96 heavy (non-hydrogen) atoms. The topological polar surface area (TPSA) is 150 Å². The van der Waals surface area contributed by atoms with Crippen LogP contribution in [0.15, 0.2) is 97.1 Å². The van der Waals surface area contributed by atoms with E-state index in [0.29, 0.717) is 92.0 Å². The molecule has 4 aliphatic heterocycles. The highest BCUT2D eigenvalue weighted by molar-refractivity contribution is 6.43. The van der Waals surface area contributed by atoms with Gasteiger partial charge in [0.25, 0.3) is 47.3 Å². The van der Waals surface area contributed by atoms with Crippen LogP contribution < -0.4 is 0 Å². The van der Waals surface area contributed by atoms with Crippen molar-refractivity contribution in [1.29, 1.82) is 0 Å². The smallest absolute Gasteiger partial charge is 0.261 e. The molecule has 4 aliphatic rings. The number of fused-ring (bicyclic) bond motifs is 4. The van der Waals surface area contributed by atoms with Crippen molar-refractivity contribution in [2.45, 2.75) is 220 Å². The highest BCUT2D eigenvalue weighted by Gasteiger charge is 2.42. The summed E-state index contributed by atoms with van der Waals surface area (Å²) in [6, 6.07) is 30.5. The number of unbranched alkanes of at least 4 members (excludes halogenated alkanes) is 19. The zero-order valence-corrected chi connectivity index (χ0v) is 56.7. The Bertz CT molecular complexity index is 4230. The number of carbonyl (C=O) groups is 8. The zero-order valence-electron chi connectivity index (χ0n) is 56.7. The molecule has 14 rings (SSSR count). The van der Waals surface area contributed by atoms with Crippen molar-refractivity contribution < 1.29 is 38.4 Å². The average molecular weight is 1280 g/mol. The minimum Gasteiger partial charge on any atom is -0.274 e. The summed E-state index contributed by atoms with van der Waals surface area (Å²) in [5.74, 6) is -2.05. The van der Waals surface area contributed by atoms with Crippen LogP contribution in [0.1, 0.15) is 290 Å². The summed E-state index contributed by atoms with van der Waals surface area (Å²) in [7, 11) is 0. The van der Waals surface area contributed by atoms with E-state index >= 15 is 0 Å². The predicted octanol–water partition coefficient (Wildman–Crippen LogP) is 20.6. The van der Waals surface area contributed by atoms with Gasteiger partial charge in [-0.15, -0.1) is 0 Å². The summed E-state index contributed by atoms with van der Waals surface area (Å²) in [4.78, 5) is 122. The number of hydrogen-bond acceptors (Lipinski definition) is 8. The largest absolute Gasteiger partial charge is 0.274 e.